The highest BCUT2D eigenvalue weighted by atomic mass is 16.5. The van der Waals surface area contributed by atoms with Gasteiger partial charge in [0.25, 0.3) is 11.7 Å². The Labute approximate surface area is 206 Å². The van der Waals surface area contributed by atoms with Gasteiger partial charge in [0.15, 0.2) is 0 Å². The van der Waals surface area contributed by atoms with Gasteiger partial charge in [-0.15, -0.1) is 0 Å². The summed E-state index contributed by atoms with van der Waals surface area (Å²) < 4.78 is 11.5. The molecule has 2 aliphatic rings. The number of hydrogen-bond donors (Lipinski definition) is 1. The molecule has 1 saturated heterocycles. The number of ketones is 1. The number of carbonyl (C=O) groups excluding carboxylic acids is 2. The highest BCUT2D eigenvalue weighted by Gasteiger charge is 2.46. The Morgan fingerprint density at radius 1 is 1.14 bits per heavy atom. The van der Waals surface area contributed by atoms with Gasteiger partial charge in [-0.1, -0.05) is 26.0 Å². The lowest BCUT2D eigenvalue weighted by molar-refractivity contribution is -0.140. The Hall–Kier alpha value is -3.32. The SMILES string of the molecule is CCOc1cccc(C2C(=C(O)c3ccc4c(c3)CC(C)O4)C(=O)C(=O)N2CCN(CC)CC)c1. The van der Waals surface area contributed by atoms with Crippen LogP contribution in [0.3, 0.4) is 0 Å². The van der Waals surface area contributed by atoms with Crippen LogP contribution < -0.4 is 9.47 Å². The molecule has 2 unspecified atom stereocenters. The lowest BCUT2D eigenvalue weighted by atomic mass is 9.94. The molecule has 2 atom stereocenters. The Balaban J connectivity index is 1.79. The predicted octanol–water partition coefficient (Wildman–Crippen LogP) is 4.17. The number of Topliss-reactive ketones (excluding diaryl/α,β-unsaturated/α-hetero) is 1. The smallest absolute Gasteiger partial charge is 0.295 e. The number of likely N-dealkylation sites (N-methyl/N-ethyl adjacent to an activating group) is 1. The van der Waals surface area contributed by atoms with Crippen molar-refractivity contribution < 1.29 is 24.2 Å². The van der Waals surface area contributed by atoms with E-state index in [0.29, 0.717) is 31.0 Å². The second-order valence-corrected chi connectivity index (χ2v) is 8.98. The highest BCUT2D eigenvalue weighted by molar-refractivity contribution is 6.46. The number of rotatable bonds is 9. The predicted molar refractivity (Wildman–Crippen MR) is 135 cm³/mol. The third kappa shape index (κ3) is 4.91. The van der Waals surface area contributed by atoms with Gasteiger partial charge in [0, 0.05) is 25.1 Å². The van der Waals surface area contributed by atoms with E-state index in [1.807, 2.05) is 50.2 Å². The molecule has 0 saturated carbocycles. The molecule has 7 heteroatoms. The summed E-state index contributed by atoms with van der Waals surface area (Å²) in [6.45, 7) is 11.2. The van der Waals surface area contributed by atoms with Crippen molar-refractivity contribution in [1.29, 1.82) is 0 Å². The largest absolute Gasteiger partial charge is 0.507 e. The van der Waals surface area contributed by atoms with E-state index in [2.05, 4.69) is 18.7 Å². The number of fused-ring (bicyclic) bond motifs is 1. The zero-order chi connectivity index (χ0) is 25.1. The molecule has 0 radical (unpaired) electrons. The standard InChI is InChI=1S/C28H34N2O5/c1-5-29(6-2)13-14-30-25(19-9-8-10-22(17-19)34-7-3)24(27(32)28(30)33)26(31)20-11-12-23-21(16-20)15-18(4)35-23/h8-12,16-18,25,31H,5-7,13-15H2,1-4H3. The number of nitrogens with zero attached hydrogens (tertiary/aromatic N) is 2. The van der Waals surface area contributed by atoms with Gasteiger partial charge in [-0.2, -0.15) is 0 Å². The van der Waals surface area contributed by atoms with Crippen molar-refractivity contribution in [2.24, 2.45) is 0 Å². The number of hydrogen-bond acceptors (Lipinski definition) is 6. The fourth-order valence-corrected chi connectivity index (χ4v) is 4.91. The zero-order valence-corrected chi connectivity index (χ0v) is 20.9. The van der Waals surface area contributed by atoms with Crippen molar-refractivity contribution in [2.75, 3.05) is 32.8 Å². The molecule has 35 heavy (non-hydrogen) atoms. The monoisotopic (exact) mass is 478 g/mol. The van der Waals surface area contributed by atoms with Crippen LogP contribution in [0.5, 0.6) is 11.5 Å². The summed E-state index contributed by atoms with van der Waals surface area (Å²) in [5.41, 5.74) is 2.32. The third-order valence-electron chi connectivity index (χ3n) is 6.75. The molecule has 2 aromatic rings. The maximum atomic E-state index is 13.3. The van der Waals surface area contributed by atoms with E-state index in [4.69, 9.17) is 9.47 Å². The van der Waals surface area contributed by atoms with Crippen LogP contribution in [0.15, 0.2) is 48.0 Å². The summed E-state index contributed by atoms with van der Waals surface area (Å²) in [6, 6.07) is 12.1. The highest BCUT2D eigenvalue weighted by Crippen LogP contribution is 2.41. The van der Waals surface area contributed by atoms with E-state index in [1.54, 1.807) is 11.0 Å². The van der Waals surface area contributed by atoms with E-state index in [1.165, 1.54) is 0 Å². The quantitative estimate of drug-likeness (QED) is 0.331. The third-order valence-corrected chi connectivity index (χ3v) is 6.75. The van der Waals surface area contributed by atoms with Crippen LogP contribution in [0.4, 0.5) is 0 Å². The molecule has 0 aliphatic carbocycles. The first kappa shape index (κ1) is 24.8. The van der Waals surface area contributed by atoms with Gasteiger partial charge < -0.3 is 24.4 Å². The molecule has 1 fully saturated rings. The first-order valence-corrected chi connectivity index (χ1v) is 12.4. The van der Waals surface area contributed by atoms with Crippen LogP contribution in [-0.2, 0) is 16.0 Å². The van der Waals surface area contributed by atoms with Gasteiger partial charge in [0.1, 0.15) is 23.4 Å². The summed E-state index contributed by atoms with van der Waals surface area (Å²) in [5.74, 6) is 0.0168. The number of likely N-dealkylation sites (tertiary alicyclic amines) is 1. The zero-order valence-electron chi connectivity index (χ0n) is 20.9. The van der Waals surface area contributed by atoms with Crippen molar-refractivity contribution in [3.63, 3.8) is 0 Å². The van der Waals surface area contributed by atoms with Crippen LogP contribution in [0, 0.1) is 0 Å². The van der Waals surface area contributed by atoms with Gasteiger partial charge in [-0.25, -0.2) is 0 Å². The van der Waals surface area contributed by atoms with E-state index >= 15 is 0 Å². The topological polar surface area (TPSA) is 79.3 Å². The Morgan fingerprint density at radius 3 is 2.63 bits per heavy atom. The van der Waals surface area contributed by atoms with E-state index in [9.17, 15) is 14.7 Å². The van der Waals surface area contributed by atoms with Crippen molar-refractivity contribution in [1.82, 2.24) is 9.80 Å². The average molecular weight is 479 g/mol. The number of aliphatic hydroxyl groups is 1. The Bertz CT molecular complexity index is 1140. The molecular formula is C28H34N2O5. The molecule has 2 aromatic carbocycles. The second kappa shape index (κ2) is 10.5. The van der Waals surface area contributed by atoms with Crippen molar-refractivity contribution in [3.05, 3.63) is 64.7 Å². The molecular weight excluding hydrogens is 444 g/mol. The van der Waals surface area contributed by atoms with Gasteiger partial charge in [-0.05, 0) is 68.4 Å². The molecule has 4 rings (SSSR count). The van der Waals surface area contributed by atoms with Gasteiger partial charge in [-0.3, -0.25) is 9.59 Å². The number of benzene rings is 2. The first-order valence-electron chi connectivity index (χ1n) is 12.4. The van der Waals surface area contributed by atoms with Crippen molar-refractivity contribution >= 4 is 17.4 Å². The molecule has 186 valence electrons. The number of amides is 1. The van der Waals surface area contributed by atoms with Crippen LogP contribution in [0.1, 0.15) is 50.4 Å². The summed E-state index contributed by atoms with van der Waals surface area (Å²) in [5, 5.41) is 11.4. The van der Waals surface area contributed by atoms with Crippen LogP contribution in [0.2, 0.25) is 0 Å². The Morgan fingerprint density at radius 2 is 1.91 bits per heavy atom. The van der Waals surface area contributed by atoms with E-state index in [-0.39, 0.29) is 17.4 Å². The van der Waals surface area contributed by atoms with Crippen LogP contribution in [0.25, 0.3) is 5.76 Å². The number of ether oxygens (including phenoxy) is 2. The van der Waals surface area contributed by atoms with Crippen molar-refractivity contribution in [3.8, 4) is 11.5 Å². The molecule has 0 bridgehead atoms. The Kier molecular flexibility index (Phi) is 7.45. The summed E-state index contributed by atoms with van der Waals surface area (Å²) in [7, 11) is 0. The van der Waals surface area contributed by atoms with E-state index < -0.39 is 17.7 Å². The second-order valence-electron chi connectivity index (χ2n) is 8.98. The number of aliphatic hydroxyl groups excluding tert-OH is 1. The van der Waals surface area contributed by atoms with Gasteiger partial charge in [0.05, 0.1) is 18.2 Å². The molecule has 1 N–H and O–H groups in total. The molecule has 2 aliphatic heterocycles. The van der Waals surface area contributed by atoms with Gasteiger partial charge in [0.2, 0.25) is 0 Å². The maximum absolute atomic E-state index is 13.3. The molecule has 0 aromatic heterocycles. The van der Waals surface area contributed by atoms with Crippen LogP contribution in [-0.4, -0.2) is 65.5 Å². The van der Waals surface area contributed by atoms with Crippen LogP contribution >= 0.6 is 0 Å². The molecule has 2 heterocycles. The lowest BCUT2D eigenvalue weighted by Gasteiger charge is -2.28. The molecule has 0 spiro atoms. The minimum atomic E-state index is -0.700. The minimum Gasteiger partial charge on any atom is -0.507 e. The summed E-state index contributed by atoms with van der Waals surface area (Å²) in [6.07, 6.45) is 0.795. The lowest BCUT2D eigenvalue weighted by Crippen LogP contribution is -2.38. The molecule has 1 amide bonds. The summed E-state index contributed by atoms with van der Waals surface area (Å²) in [4.78, 5) is 30.3. The van der Waals surface area contributed by atoms with Crippen molar-refractivity contribution in [2.45, 2.75) is 46.3 Å². The first-order chi connectivity index (χ1) is 16.9. The minimum absolute atomic E-state index is 0.0642. The average Bonchev–Trinajstić information content (AvgIpc) is 3.35. The fourth-order valence-electron chi connectivity index (χ4n) is 4.91. The van der Waals surface area contributed by atoms with E-state index in [0.717, 1.165) is 36.4 Å². The summed E-state index contributed by atoms with van der Waals surface area (Å²) >= 11 is 0. The van der Waals surface area contributed by atoms with Gasteiger partial charge >= 0.3 is 0 Å². The normalized spacial score (nSPS) is 20.9. The number of carbonyl (C=O) groups is 2. The maximum Gasteiger partial charge on any atom is 0.295 e. The molecule has 7 nitrogen and oxygen atoms in total. The fraction of sp³-hybridized carbons (Fsp3) is 0.429.